The standard InChI is InChI=1S/C26H22/c1-17-8-10-18(11-9-17)21-12-13-22-23-14-19-6-4-5-7-20(19)15-25(23)26(2,3)24(22)16-21/h4-16H,1-3H3. The summed E-state index contributed by atoms with van der Waals surface area (Å²) < 4.78 is 0. The van der Waals surface area contributed by atoms with E-state index < -0.39 is 0 Å². The molecule has 0 aliphatic heterocycles. The number of aryl methyl sites for hydroxylation is 1. The Kier molecular flexibility index (Phi) is 3.15. The molecule has 0 radical (unpaired) electrons. The smallest absolute Gasteiger partial charge is 0.0159 e. The molecule has 0 saturated heterocycles. The fourth-order valence-corrected chi connectivity index (χ4v) is 4.35. The molecule has 5 rings (SSSR count). The van der Waals surface area contributed by atoms with E-state index >= 15 is 0 Å². The maximum atomic E-state index is 2.39. The maximum Gasteiger partial charge on any atom is 0.0159 e. The molecule has 0 saturated carbocycles. The van der Waals surface area contributed by atoms with Crippen molar-refractivity contribution in [3.8, 4) is 22.3 Å². The minimum atomic E-state index is 0.0232. The van der Waals surface area contributed by atoms with Gasteiger partial charge in [0.05, 0.1) is 0 Å². The van der Waals surface area contributed by atoms with Gasteiger partial charge in [-0.05, 0) is 69.3 Å². The van der Waals surface area contributed by atoms with E-state index in [0.717, 1.165) is 0 Å². The first-order valence-corrected chi connectivity index (χ1v) is 9.29. The van der Waals surface area contributed by atoms with E-state index in [2.05, 4.69) is 99.6 Å². The van der Waals surface area contributed by atoms with Gasteiger partial charge in [-0.1, -0.05) is 80.1 Å². The zero-order valence-corrected chi connectivity index (χ0v) is 15.5. The Labute approximate surface area is 155 Å². The van der Waals surface area contributed by atoms with Crippen molar-refractivity contribution in [1.29, 1.82) is 0 Å². The topological polar surface area (TPSA) is 0 Å². The third-order valence-corrected chi connectivity index (χ3v) is 5.93. The summed E-state index contributed by atoms with van der Waals surface area (Å²) in [5.74, 6) is 0. The molecule has 126 valence electrons. The second kappa shape index (κ2) is 5.32. The third kappa shape index (κ3) is 2.15. The first kappa shape index (κ1) is 15.4. The van der Waals surface area contributed by atoms with Gasteiger partial charge in [0, 0.05) is 5.41 Å². The van der Waals surface area contributed by atoms with Crippen LogP contribution in [-0.2, 0) is 5.41 Å². The fraction of sp³-hybridized carbons (Fsp3) is 0.154. The molecule has 0 fully saturated rings. The van der Waals surface area contributed by atoms with Gasteiger partial charge in [0.15, 0.2) is 0 Å². The molecule has 0 aromatic heterocycles. The van der Waals surface area contributed by atoms with Gasteiger partial charge in [-0.2, -0.15) is 0 Å². The van der Waals surface area contributed by atoms with Crippen LogP contribution in [0, 0.1) is 6.92 Å². The van der Waals surface area contributed by atoms with Crippen LogP contribution < -0.4 is 0 Å². The summed E-state index contributed by atoms with van der Waals surface area (Å²) in [4.78, 5) is 0. The highest BCUT2D eigenvalue weighted by Gasteiger charge is 2.35. The molecule has 0 heterocycles. The monoisotopic (exact) mass is 334 g/mol. The summed E-state index contributed by atoms with van der Waals surface area (Å²) in [6, 6.07) is 29.2. The van der Waals surface area contributed by atoms with Crippen molar-refractivity contribution >= 4 is 10.8 Å². The van der Waals surface area contributed by atoms with Crippen molar-refractivity contribution in [1.82, 2.24) is 0 Å². The van der Waals surface area contributed by atoms with Gasteiger partial charge in [-0.3, -0.25) is 0 Å². The predicted molar refractivity (Wildman–Crippen MR) is 112 cm³/mol. The largest absolute Gasteiger partial charge is 0.0616 e. The molecule has 4 aromatic carbocycles. The third-order valence-electron chi connectivity index (χ3n) is 5.93. The minimum absolute atomic E-state index is 0.0232. The summed E-state index contributed by atoms with van der Waals surface area (Å²) >= 11 is 0. The average Bonchev–Trinajstić information content (AvgIpc) is 2.87. The van der Waals surface area contributed by atoms with Gasteiger partial charge in [0.1, 0.15) is 0 Å². The van der Waals surface area contributed by atoms with E-state index in [-0.39, 0.29) is 5.41 Å². The van der Waals surface area contributed by atoms with Crippen LogP contribution in [0.5, 0.6) is 0 Å². The van der Waals surface area contributed by atoms with Crippen LogP contribution in [0.1, 0.15) is 30.5 Å². The lowest BCUT2D eigenvalue weighted by molar-refractivity contribution is 0.661. The van der Waals surface area contributed by atoms with Crippen LogP contribution in [0.4, 0.5) is 0 Å². The zero-order chi connectivity index (χ0) is 17.9. The Hall–Kier alpha value is -2.86. The summed E-state index contributed by atoms with van der Waals surface area (Å²) in [5, 5.41) is 2.64. The lowest BCUT2D eigenvalue weighted by Gasteiger charge is -2.22. The lowest BCUT2D eigenvalue weighted by atomic mass is 9.81. The maximum absolute atomic E-state index is 2.39. The van der Waals surface area contributed by atoms with Gasteiger partial charge in [0.25, 0.3) is 0 Å². The van der Waals surface area contributed by atoms with E-state index in [1.165, 1.54) is 49.7 Å². The van der Waals surface area contributed by atoms with Gasteiger partial charge in [-0.25, -0.2) is 0 Å². The van der Waals surface area contributed by atoms with Gasteiger partial charge < -0.3 is 0 Å². The number of hydrogen-bond acceptors (Lipinski definition) is 0. The van der Waals surface area contributed by atoms with Crippen molar-refractivity contribution in [3.05, 3.63) is 95.6 Å². The number of benzene rings is 4. The number of fused-ring (bicyclic) bond motifs is 4. The Bertz CT molecular complexity index is 1140. The first-order chi connectivity index (χ1) is 12.5. The van der Waals surface area contributed by atoms with Crippen molar-refractivity contribution < 1.29 is 0 Å². The predicted octanol–water partition coefficient (Wildman–Crippen LogP) is 7.12. The Balaban J connectivity index is 1.73. The van der Waals surface area contributed by atoms with Crippen LogP contribution in [0.3, 0.4) is 0 Å². The summed E-state index contributed by atoms with van der Waals surface area (Å²) in [7, 11) is 0. The zero-order valence-electron chi connectivity index (χ0n) is 15.5. The lowest BCUT2D eigenvalue weighted by Crippen LogP contribution is -2.15. The highest BCUT2D eigenvalue weighted by atomic mass is 14.4. The molecule has 0 spiro atoms. The van der Waals surface area contributed by atoms with E-state index in [1.54, 1.807) is 0 Å². The average molecular weight is 334 g/mol. The molecule has 26 heavy (non-hydrogen) atoms. The molecule has 0 bridgehead atoms. The first-order valence-electron chi connectivity index (χ1n) is 9.29. The van der Waals surface area contributed by atoms with E-state index in [1.807, 2.05) is 0 Å². The van der Waals surface area contributed by atoms with Crippen molar-refractivity contribution in [3.63, 3.8) is 0 Å². The van der Waals surface area contributed by atoms with Crippen LogP contribution in [0.25, 0.3) is 33.0 Å². The number of hydrogen-bond donors (Lipinski definition) is 0. The van der Waals surface area contributed by atoms with Crippen LogP contribution in [0.15, 0.2) is 78.9 Å². The number of rotatable bonds is 1. The van der Waals surface area contributed by atoms with Crippen LogP contribution in [0.2, 0.25) is 0 Å². The highest BCUT2D eigenvalue weighted by molar-refractivity contribution is 5.94. The normalized spacial score (nSPS) is 14.3. The van der Waals surface area contributed by atoms with Gasteiger partial charge in [0.2, 0.25) is 0 Å². The molecular weight excluding hydrogens is 312 g/mol. The molecular formula is C26H22. The van der Waals surface area contributed by atoms with Crippen molar-refractivity contribution in [2.24, 2.45) is 0 Å². The van der Waals surface area contributed by atoms with Gasteiger partial charge in [-0.15, -0.1) is 0 Å². The molecule has 1 aliphatic rings. The minimum Gasteiger partial charge on any atom is -0.0616 e. The highest BCUT2D eigenvalue weighted by Crippen LogP contribution is 2.50. The molecule has 0 N–H and O–H groups in total. The molecule has 1 aliphatic carbocycles. The van der Waals surface area contributed by atoms with E-state index in [9.17, 15) is 0 Å². The molecule has 0 atom stereocenters. The van der Waals surface area contributed by atoms with E-state index in [0.29, 0.717) is 0 Å². The summed E-state index contributed by atoms with van der Waals surface area (Å²) in [5.41, 5.74) is 9.55. The Morgan fingerprint density at radius 3 is 1.92 bits per heavy atom. The Morgan fingerprint density at radius 1 is 0.577 bits per heavy atom. The second-order valence-electron chi connectivity index (χ2n) is 8.00. The van der Waals surface area contributed by atoms with E-state index in [4.69, 9.17) is 0 Å². The van der Waals surface area contributed by atoms with Crippen LogP contribution in [-0.4, -0.2) is 0 Å². The quantitative estimate of drug-likeness (QED) is 0.347. The summed E-state index contributed by atoms with van der Waals surface area (Å²) in [6.07, 6.45) is 0. The van der Waals surface area contributed by atoms with Gasteiger partial charge >= 0.3 is 0 Å². The fourth-order valence-electron chi connectivity index (χ4n) is 4.35. The van der Waals surface area contributed by atoms with Crippen molar-refractivity contribution in [2.75, 3.05) is 0 Å². The van der Waals surface area contributed by atoms with Crippen molar-refractivity contribution in [2.45, 2.75) is 26.2 Å². The molecule has 0 amide bonds. The molecule has 0 heteroatoms. The summed E-state index contributed by atoms with van der Waals surface area (Å²) in [6.45, 7) is 6.84. The molecule has 0 unspecified atom stereocenters. The molecule has 4 aromatic rings. The molecule has 0 nitrogen and oxygen atoms in total. The van der Waals surface area contributed by atoms with Crippen LogP contribution >= 0.6 is 0 Å². The Morgan fingerprint density at radius 2 is 1.19 bits per heavy atom. The SMILES string of the molecule is Cc1ccc(-c2ccc3c(c2)C(C)(C)c2cc4ccccc4cc2-3)cc1. The second-order valence-corrected chi connectivity index (χ2v) is 8.00.